The number of anilines is 3. The van der Waals surface area contributed by atoms with E-state index < -0.39 is 0 Å². The van der Waals surface area contributed by atoms with Crippen molar-refractivity contribution in [3.05, 3.63) is 188 Å². The van der Waals surface area contributed by atoms with Gasteiger partial charge in [-0.15, -0.1) is 0 Å². The standard InChI is InChI=1S/C48H31NO/c1-2-10-32(11-3-1)37-13-8-14-39(30-37)49(40-29-26-35-21-23-36-22-20-33-12-4-5-15-41(33)47(36)45(35)31-40)38-27-24-34(25-28-38)42-17-9-18-44-43-16-6-7-19-46(43)50-48(42)44/h1-31H. The first-order valence-corrected chi connectivity index (χ1v) is 17.1. The summed E-state index contributed by atoms with van der Waals surface area (Å²) in [7, 11) is 0. The first-order chi connectivity index (χ1) is 24.8. The summed E-state index contributed by atoms with van der Waals surface area (Å²) in [6, 6.07) is 67.5. The molecule has 0 unspecified atom stereocenters. The molecule has 234 valence electrons. The summed E-state index contributed by atoms with van der Waals surface area (Å²) in [5, 5.41) is 9.80. The van der Waals surface area contributed by atoms with Crippen LogP contribution in [0, 0.1) is 0 Å². The van der Waals surface area contributed by atoms with Crippen molar-refractivity contribution in [2.24, 2.45) is 0 Å². The van der Waals surface area contributed by atoms with Crippen molar-refractivity contribution < 1.29 is 4.42 Å². The number of hydrogen-bond donors (Lipinski definition) is 0. The van der Waals surface area contributed by atoms with Gasteiger partial charge in [-0.3, -0.25) is 0 Å². The normalized spacial score (nSPS) is 11.6. The first-order valence-electron chi connectivity index (χ1n) is 17.1. The second-order valence-corrected chi connectivity index (χ2v) is 12.9. The molecule has 0 fully saturated rings. The molecule has 0 atom stereocenters. The van der Waals surface area contributed by atoms with Crippen molar-refractivity contribution >= 4 is 71.3 Å². The largest absolute Gasteiger partial charge is 0.455 e. The van der Waals surface area contributed by atoms with Gasteiger partial charge >= 0.3 is 0 Å². The molecule has 1 aromatic heterocycles. The van der Waals surface area contributed by atoms with E-state index >= 15 is 0 Å². The Hall–Kier alpha value is -6.64. The molecular weight excluding hydrogens is 607 g/mol. The van der Waals surface area contributed by atoms with Gasteiger partial charge in [0, 0.05) is 33.4 Å². The van der Waals surface area contributed by atoms with E-state index in [1.807, 2.05) is 12.1 Å². The molecule has 0 saturated heterocycles. The second kappa shape index (κ2) is 11.5. The fraction of sp³-hybridized carbons (Fsp3) is 0. The van der Waals surface area contributed by atoms with Crippen molar-refractivity contribution in [2.45, 2.75) is 0 Å². The van der Waals surface area contributed by atoms with E-state index in [2.05, 4.69) is 181 Å². The quantitative estimate of drug-likeness (QED) is 0.175. The third kappa shape index (κ3) is 4.65. The van der Waals surface area contributed by atoms with E-state index in [1.54, 1.807) is 0 Å². The summed E-state index contributed by atoms with van der Waals surface area (Å²) >= 11 is 0. The van der Waals surface area contributed by atoms with Crippen LogP contribution in [0.1, 0.15) is 0 Å². The van der Waals surface area contributed by atoms with Crippen LogP contribution < -0.4 is 4.90 Å². The Morgan fingerprint density at radius 3 is 1.82 bits per heavy atom. The number of rotatable bonds is 5. The fourth-order valence-corrected chi connectivity index (χ4v) is 7.62. The zero-order chi connectivity index (χ0) is 33.0. The predicted octanol–water partition coefficient (Wildman–Crippen LogP) is 13.8. The maximum absolute atomic E-state index is 6.41. The molecule has 0 bridgehead atoms. The van der Waals surface area contributed by atoms with E-state index in [0.29, 0.717) is 0 Å². The molecule has 2 heteroatoms. The van der Waals surface area contributed by atoms with Crippen molar-refractivity contribution in [1.82, 2.24) is 0 Å². The molecule has 0 saturated carbocycles. The number of hydrogen-bond acceptors (Lipinski definition) is 2. The van der Waals surface area contributed by atoms with Gasteiger partial charge in [-0.05, 0) is 91.5 Å². The Morgan fingerprint density at radius 1 is 0.340 bits per heavy atom. The average Bonchev–Trinajstić information content (AvgIpc) is 3.58. The van der Waals surface area contributed by atoms with Crippen LogP contribution >= 0.6 is 0 Å². The molecule has 50 heavy (non-hydrogen) atoms. The third-order valence-electron chi connectivity index (χ3n) is 10.0. The number of para-hydroxylation sites is 2. The van der Waals surface area contributed by atoms with Gasteiger partial charge in [0.1, 0.15) is 11.2 Å². The molecule has 0 aliphatic heterocycles. The highest BCUT2D eigenvalue weighted by Gasteiger charge is 2.17. The van der Waals surface area contributed by atoms with Crippen LogP contribution in [0.2, 0.25) is 0 Å². The summed E-state index contributed by atoms with van der Waals surface area (Å²) in [6.07, 6.45) is 0. The van der Waals surface area contributed by atoms with Crippen LogP contribution in [0.15, 0.2) is 192 Å². The molecule has 1 heterocycles. The Kier molecular flexibility index (Phi) is 6.53. The van der Waals surface area contributed by atoms with Gasteiger partial charge in [-0.25, -0.2) is 0 Å². The molecular formula is C48H31NO. The van der Waals surface area contributed by atoms with Crippen molar-refractivity contribution in [3.8, 4) is 22.3 Å². The summed E-state index contributed by atoms with van der Waals surface area (Å²) in [4.78, 5) is 2.38. The number of fused-ring (bicyclic) bond motifs is 8. The van der Waals surface area contributed by atoms with E-state index in [0.717, 1.165) is 50.1 Å². The van der Waals surface area contributed by atoms with E-state index in [4.69, 9.17) is 4.42 Å². The molecule has 10 aromatic rings. The third-order valence-corrected chi connectivity index (χ3v) is 10.0. The molecule has 0 N–H and O–H groups in total. The van der Waals surface area contributed by atoms with Gasteiger partial charge in [-0.2, -0.15) is 0 Å². The molecule has 0 spiro atoms. The minimum absolute atomic E-state index is 0.910. The smallest absolute Gasteiger partial charge is 0.143 e. The fourth-order valence-electron chi connectivity index (χ4n) is 7.62. The zero-order valence-electron chi connectivity index (χ0n) is 27.3. The molecule has 10 rings (SSSR count). The van der Waals surface area contributed by atoms with Crippen molar-refractivity contribution in [1.29, 1.82) is 0 Å². The minimum Gasteiger partial charge on any atom is -0.455 e. The topological polar surface area (TPSA) is 16.4 Å². The highest BCUT2D eigenvalue weighted by Crippen LogP contribution is 2.42. The zero-order valence-corrected chi connectivity index (χ0v) is 27.3. The van der Waals surface area contributed by atoms with Gasteiger partial charge in [0.25, 0.3) is 0 Å². The lowest BCUT2D eigenvalue weighted by atomic mass is 9.96. The maximum Gasteiger partial charge on any atom is 0.143 e. The maximum atomic E-state index is 6.41. The Bertz CT molecular complexity index is 2860. The van der Waals surface area contributed by atoms with Crippen molar-refractivity contribution in [2.75, 3.05) is 4.90 Å². The van der Waals surface area contributed by atoms with E-state index in [1.165, 1.54) is 43.4 Å². The predicted molar refractivity (Wildman–Crippen MR) is 212 cm³/mol. The Morgan fingerprint density at radius 2 is 0.960 bits per heavy atom. The van der Waals surface area contributed by atoms with Gasteiger partial charge in [-0.1, -0.05) is 146 Å². The van der Waals surface area contributed by atoms with E-state index in [9.17, 15) is 0 Å². The minimum atomic E-state index is 0.910. The monoisotopic (exact) mass is 637 g/mol. The summed E-state index contributed by atoms with van der Waals surface area (Å²) in [5.41, 5.74) is 9.70. The van der Waals surface area contributed by atoms with Crippen LogP contribution in [0.5, 0.6) is 0 Å². The lowest BCUT2D eigenvalue weighted by Gasteiger charge is -2.27. The summed E-state index contributed by atoms with van der Waals surface area (Å²) < 4.78 is 6.41. The summed E-state index contributed by atoms with van der Waals surface area (Å²) in [5.74, 6) is 0. The van der Waals surface area contributed by atoms with Crippen LogP contribution in [-0.2, 0) is 0 Å². The van der Waals surface area contributed by atoms with Crippen molar-refractivity contribution in [3.63, 3.8) is 0 Å². The molecule has 2 nitrogen and oxygen atoms in total. The Labute approximate surface area is 290 Å². The van der Waals surface area contributed by atoms with Gasteiger partial charge in [0.15, 0.2) is 0 Å². The van der Waals surface area contributed by atoms with Crippen LogP contribution in [0.4, 0.5) is 17.1 Å². The molecule has 0 aliphatic carbocycles. The number of nitrogens with zero attached hydrogens (tertiary/aromatic N) is 1. The van der Waals surface area contributed by atoms with Gasteiger partial charge in [0.2, 0.25) is 0 Å². The molecule has 0 aliphatic rings. The highest BCUT2D eigenvalue weighted by molar-refractivity contribution is 6.20. The van der Waals surface area contributed by atoms with Gasteiger partial charge in [0.05, 0.1) is 0 Å². The second-order valence-electron chi connectivity index (χ2n) is 12.9. The van der Waals surface area contributed by atoms with Crippen LogP contribution in [0.3, 0.4) is 0 Å². The number of furan rings is 1. The van der Waals surface area contributed by atoms with Crippen LogP contribution in [0.25, 0.3) is 76.5 Å². The first kappa shape index (κ1) is 28.4. The van der Waals surface area contributed by atoms with Gasteiger partial charge < -0.3 is 9.32 Å². The molecule has 0 radical (unpaired) electrons. The molecule has 9 aromatic carbocycles. The highest BCUT2D eigenvalue weighted by atomic mass is 16.3. The summed E-state index contributed by atoms with van der Waals surface area (Å²) in [6.45, 7) is 0. The number of benzene rings is 9. The lowest BCUT2D eigenvalue weighted by molar-refractivity contribution is 0.670. The van der Waals surface area contributed by atoms with E-state index in [-0.39, 0.29) is 0 Å². The average molecular weight is 638 g/mol. The SMILES string of the molecule is c1ccc(-c2cccc(N(c3ccc(-c4cccc5c4oc4ccccc45)cc3)c3ccc4ccc5ccc6ccccc6c5c4c3)c2)cc1. The molecule has 0 amide bonds. The Balaban J connectivity index is 1.16. The lowest BCUT2D eigenvalue weighted by Crippen LogP contribution is -2.10. The van der Waals surface area contributed by atoms with Crippen LogP contribution in [-0.4, -0.2) is 0 Å².